The molecule has 15 heavy (non-hydrogen) atoms. The highest BCUT2D eigenvalue weighted by Gasteiger charge is 2.42. The van der Waals surface area contributed by atoms with Crippen molar-refractivity contribution < 1.29 is 17.6 Å². The molecule has 1 aliphatic rings. The maximum absolute atomic E-state index is 12.2. The minimum Gasteiger partial charge on any atom is -0.456 e. The Morgan fingerprint density at radius 1 is 1.33 bits per heavy atom. The smallest absolute Gasteiger partial charge is 0.449 e. The summed E-state index contributed by atoms with van der Waals surface area (Å²) >= 11 is 0. The molecule has 1 aromatic rings. The minimum absolute atomic E-state index is 0.000716. The van der Waals surface area contributed by atoms with Gasteiger partial charge in [0.05, 0.1) is 0 Å². The molecule has 2 nitrogen and oxygen atoms in total. The fourth-order valence-corrected chi connectivity index (χ4v) is 1.62. The lowest BCUT2D eigenvalue weighted by Crippen LogP contribution is -2.17. The monoisotopic (exact) mass is 219 g/mol. The molecule has 0 spiro atoms. The summed E-state index contributed by atoms with van der Waals surface area (Å²) in [6.07, 6.45) is -1.92. The highest BCUT2D eigenvalue weighted by molar-refractivity contribution is 5.13. The van der Waals surface area contributed by atoms with Gasteiger partial charge in [-0.2, -0.15) is 13.2 Å². The van der Waals surface area contributed by atoms with Crippen LogP contribution in [0.3, 0.4) is 0 Å². The first-order valence-electron chi connectivity index (χ1n) is 4.81. The predicted octanol–water partition coefficient (Wildman–Crippen LogP) is 2.58. The van der Waals surface area contributed by atoms with E-state index in [1.165, 1.54) is 6.07 Å². The molecule has 0 aromatic carbocycles. The lowest BCUT2D eigenvalue weighted by molar-refractivity contribution is -0.153. The Balaban J connectivity index is 2.08. The van der Waals surface area contributed by atoms with E-state index in [2.05, 4.69) is 0 Å². The zero-order valence-electron chi connectivity index (χ0n) is 8.10. The van der Waals surface area contributed by atoms with Crippen LogP contribution >= 0.6 is 0 Å². The van der Waals surface area contributed by atoms with Crippen LogP contribution in [-0.2, 0) is 12.6 Å². The quantitative estimate of drug-likeness (QED) is 0.848. The average molecular weight is 219 g/mol. The van der Waals surface area contributed by atoms with Crippen molar-refractivity contribution in [3.8, 4) is 0 Å². The second kappa shape index (κ2) is 3.27. The van der Waals surface area contributed by atoms with Crippen molar-refractivity contribution in [3.05, 3.63) is 23.7 Å². The van der Waals surface area contributed by atoms with E-state index in [0.29, 0.717) is 18.7 Å². The van der Waals surface area contributed by atoms with E-state index >= 15 is 0 Å². The largest absolute Gasteiger partial charge is 0.456 e. The molecule has 0 aliphatic heterocycles. The van der Waals surface area contributed by atoms with E-state index in [1.807, 2.05) is 0 Å². The van der Waals surface area contributed by atoms with Crippen molar-refractivity contribution in [1.82, 2.24) is 0 Å². The first-order valence-corrected chi connectivity index (χ1v) is 4.81. The third kappa shape index (κ3) is 2.17. The van der Waals surface area contributed by atoms with Crippen LogP contribution in [0.5, 0.6) is 0 Å². The Hall–Kier alpha value is -0.970. The van der Waals surface area contributed by atoms with Crippen molar-refractivity contribution in [1.29, 1.82) is 0 Å². The minimum atomic E-state index is -4.39. The van der Waals surface area contributed by atoms with Crippen LogP contribution in [-0.4, -0.2) is 6.54 Å². The summed E-state index contributed by atoms with van der Waals surface area (Å²) in [5.41, 5.74) is 5.55. The summed E-state index contributed by atoms with van der Waals surface area (Å²) < 4.78 is 41.4. The molecule has 1 heterocycles. The molecule has 5 heteroatoms. The van der Waals surface area contributed by atoms with Crippen molar-refractivity contribution in [2.75, 3.05) is 6.54 Å². The van der Waals surface area contributed by atoms with Gasteiger partial charge in [0.15, 0.2) is 0 Å². The third-order valence-corrected chi connectivity index (χ3v) is 2.88. The van der Waals surface area contributed by atoms with Crippen LogP contribution in [0.4, 0.5) is 13.2 Å². The SMILES string of the molecule is NCC1(Cc2ccc(C(F)(F)F)o2)CC1. The second-order valence-corrected chi connectivity index (χ2v) is 4.14. The van der Waals surface area contributed by atoms with Gasteiger partial charge >= 0.3 is 6.18 Å². The topological polar surface area (TPSA) is 39.2 Å². The molecule has 2 rings (SSSR count). The normalized spacial score (nSPS) is 19.2. The van der Waals surface area contributed by atoms with Crippen LogP contribution in [0, 0.1) is 5.41 Å². The summed E-state index contributed by atoms with van der Waals surface area (Å²) in [4.78, 5) is 0. The molecular formula is C10H12F3NO. The van der Waals surface area contributed by atoms with Gasteiger partial charge < -0.3 is 10.2 Å². The average Bonchev–Trinajstić information content (AvgIpc) is 2.73. The van der Waals surface area contributed by atoms with E-state index in [-0.39, 0.29) is 5.41 Å². The number of furan rings is 1. The molecule has 0 bridgehead atoms. The van der Waals surface area contributed by atoms with E-state index < -0.39 is 11.9 Å². The van der Waals surface area contributed by atoms with Gasteiger partial charge in [-0.05, 0) is 36.9 Å². The first kappa shape index (κ1) is 10.5. The fourth-order valence-electron chi connectivity index (χ4n) is 1.62. The lowest BCUT2D eigenvalue weighted by Gasteiger charge is -2.09. The Bertz CT molecular complexity index is 352. The van der Waals surface area contributed by atoms with E-state index in [0.717, 1.165) is 18.9 Å². The van der Waals surface area contributed by atoms with Crippen LogP contribution in [0.25, 0.3) is 0 Å². The van der Waals surface area contributed by atoms with Gasteiger partial charge in [0.1, 0.15) is 5.76 Å². The van der Waals surface area contributed by atoms with Crippen LogP contribution in [0.1, 0.15) is 24.4 Å². The zero-order valence-corrected chi connectivity index (χ0v) is 8.10. The van der Waals surface area contributed by atoms with E-state index in [4.69, 9.17) is 10.2 Å². The maximum Gasteiger partial charge on any atom is 0.449 e. The van der Waals surface area contributed by atoms with Crippen molar-refractivity contribution in [2.24, 2.45) is 11.1 Å². The Labute approximate surface area is 85.2 Å². The van der Waals surface area contributed by atoms with Gasteiger partial charge in [-0.15, -0.1) is 0 Å². The Morgan fingerprint density at radius 3 is 2.40 bits per heavy atom. The molecular weight excluding hydrogens is 207 g/mol. The van der Waals surface area contributed by atoms with Crippen molar-refractivity contribution in [3.63, 3.8) is 0 Å². The molecule has 1 aromatic heterocycles. The third-order valence-electron chi connectivity index (χ3n) is 2.88. The van der Waals surface area contributed by atoms with Gasteiger partial charge in [0.25, 0.3) is 0 Å². The number of nitrogens with two attached hydrogens (primary N) is 1. The maximum atomic E-state index is 12.2. The van der Waals surface area contributed by atoms with Gasteiger partial charge in [-0.25, -0.2) is 0 Å². The molecule has 1 fully saturated rings. The van der Waals surface area contributed by atoms with E-state index in [9.17, 15) is 13.2 Å². The van der Waals surface area contributed by atoms with Crippen LogP contribution in [0.15, 0.2) is 16.5 Å². The molecule has 0 unspecified atom stereocenters. The van der Waals surface area contributed by atoms with Gasteiger partial charge in [-0.1, -0.05) is 0 Å². The highest BCUT2D eigenvalue weighted by Crippen LogP contribution is 2.47. The number of hydrogen-bond donors (Lipinski definition) is 1. The Kier molecular flexibility index (Phi) is 2.30. The standard InChI is InChI=1S/C10H12F3NO/c11-10(12,13)8-2-1-7(15-8)5-9(6-14)3-4-9/h1-2H,3-6,14H2. The number of hydrogen-bond acceptors (Lipinski definition) is 2. The molecule has 0 saturated heterocycles. The van der Waals surface area contributed by atoms with Gasteiger partial charge in [0, 0.05) is 6.42 Å². The van der Waals surface area contributed by atoms with E-state index in [1.54, 1.807) is 0 Å². The number of rotatable bonds is 3. The second-order valence-electron chi connectivity index (χ2n) is 4.14. The molecule has 0 radical (unpaired) electrons. The highest BCUT2D eigenvalue weighted by atomic mass is 19.4. The molecule has 2 N–H and O–H groups in total. The van der Waals surface area contributed by atoms with Crippen LogP contribution < -0.4 is 5.73 Å². The molecule has 0 atom stereocenters. The molecule has 84 valence electrons. The van der Waals surface area contributed by atoms with Crippen molar-refractivity contribution in [2.45, 2.75) is 25.4 Å². The summed E-state index contributed by atoms with van der Waals surface area (Å²) in [5, 5.41) is 0. The summed E-state index contributed by atoms with van der Waals surface area (Å²) in [5.74, 6) is -0.546. The van der Waals surface area contributed by atoms with Crippen LogP contribution in [0.2, 0.25) is 0 Å². The molecule has 0 amide bonds. The Morgan fingerprint density at radius 2 is 2.00 bits per heavy atom. The van der Waals surface area contributed by atoms with Gasteiger partial charge in [0.2, 0.25) is 5.76 Å². The van der Waals surface area contributed by atoms with Gasteiger partial charge in [-0.3, -0.25) is 0 Å². The zero-order chi connectivity index (χ0) is 11.1. The number of halogens is 3. The first-order chi connectivity index (χ1) is 6.95. The summed E-state index contributed by atoms with van der Waals surface area (Å²) in [7, 11) is 0. The van der Waals surface area contributed by atoms with Crippen molar-refractivity contribution >= 4 is 0 Å². The predicted molar refractivity (Wildman–Crippen MR) is 48.1 cm³/mol. The number of alkyl halides is 3. The fraction of sp³-hybridized carbons (Fsp3) is 0.600. The molecule has 1 aliphatic carbocycles. The summed E-state index contributed by atoms with van der Waals surface area (Å²) in [6, 6.07) is 2.36. The molecule has 1 saturated carbocycles. The summed E-state index contributed by atoms with van der Waals surface area (Å²) in [6.45, 7) is 0.509. The lowest BCUT2D eigenvalue weighted by atomic mass is 10.0.